The highest BCUT2D eigenvalue weighted by atomic mass is 16.6. The summed E-state index contributed by atoms with van der Waals surface area (Å²) in [4.78, 5) is 15.6. The average molecular weight is 252 g/mol. The molecule has 0 aromatic carbocycles. The number of ether oxygens (including phenoxy) is 1. The fourth-order valence-corrected chi connectivity index (χ4v) is 1.20. The Morgan fingerprint density at radius 2 is 2.17 bits per heavy atom. The first-order valence-corrected chi connectivity index (χ1v) is 5.81. The molecule has 0 radical (unpaired) electrons. The summed E-state index contributed by atoms with van der Waals surface area (Å²) >= 11 is 0. The molecule has 0 saturated carbocycles. The van der Waals surface area contributed by atoms with Crippen LogP contribution >= 0.6 is 0 Å². The van der Waals surface area contributed by atoms with Crippen molar-refractivity contribution in [3.63, 3.8) is 0 Å². The molecule has 0 aliphatic heterocycles. The van der Waals surface area contributed by atoms with Crippen LogP contribution in [0.25, 0.3) is 0 Å². The number of nitrogens with two attached hydrogens (primary N) is 1. The van der Waals surface area contributed by atoms with Crippen molar-refractivity contribution >= 4 is 17.6 Å². The van der Waals surface area contributed by atoms with Gasteiger partial charge in [0.25, 0.3) is 0 Å². The fraction of sp³-hybridized carbons (Fsp3) is 0.500. The van der Waals surface area contributed by atoms with Crippen molar-refractivity contribution < 1.29 is 9.53 Å². The lowest BCUT2D eigenvalue weighted by atomic mass is 10.2. The summed E-state index contributed by atoms with van der Waals surface area (Å²) in [7, 11) is 0. The second kappa shape index (κ2) is 6.20. The van der Waals surface area contributed by atoms with E-state index in [0.717, 1.165) is 5.69 Å². The maximum absolute atomic E-state index is 11.5. The van der Waals surface area contributed by atoms with Crippen LogP contribution in [0, 0.1) is 0 Å². The third-order valence-corrected chi connectivity index (χ3v) is 1.87. The summed E-state index contributed by atoms with van der Waals surface area (Å²) < 4.78 is 5.11. The monoisotopic (exact) mass is 252 g/mol. The Morgan fingerprint density at radius 3 is 2.67 bits per heavy atom. The third kappa shape index (κ3) is 5.49. The van der Waals surface area contributed by atoms with Crippen LogP contribution in [0.5, 0.6) is 0 Å². The first-order valence-electron chi connectivity index (χ1n) is 5.81. The Labute approximate surface area is 107 Å². The number of nitrogens with one attached hydrogen (secondary N) is 2. The summed E-state index contributed by atoms with van der Waals surface area (Å²) in [5.74, 6) is 0.447. The van der Waals surface area contributed by atoms with Crippen molar-refractivity contribution in [2.45, 2.75) is 26.4 Å². The Morgan fingerprint density at radius 1 is 1.44 bits per heavy atom. The van der Waals surface area contributed by atoms with Gasteiger partial charge in [-0.25, -0.2) is 9.78 Å². The number of anilines is 2. The Hall–Kier alpha value is -1.82. The molecule has 1 rings (SSSR count). The highest BCUT2D eigenvalue weighted by Crippen LogP contribution is 2.12. The molecular weight excluding hydrogens is 232 g/mol. The van der Waals surface area contributed by atoms with Gasteiger partial charge in [-0.2, -0.15) is 0 Å². The number of aromatic nitrogens is 1. The van der Waals surface area contributed by atoms with Crippen LogP contribution in [0.4, 0.5) is 16.3 Å². The predicted molar refractivity (Wildman–Crippen MR) is 71.6 cm³/mol. The molecule has 0 atom stereocenters. The molecule has 18 heavy (non-hydrogen) atoms. The third-order valence-electron chi connectivity index (χ3n) is 1.87. The summed E-state index contributed by atoms with van der Waals surface area (Å²) in [5.41, 5.74) is 5.71. The number of nitrogens with zero attached hydrogens (tertiary/aromatic N) is 1. The molecule has 0 aliphatic carbocycles. The van der Waals surface area contributed by atoms with E-state index in [-0.39, 0.29) is 0 Å². The predicted octanol–water partition coefficient (Wildman–Crippen LogP) is 1.80. The van der Waals surface area contributed by atoms with E-state index in [1.165, 1.54) is 0 Å². The molecule has 0 unspecified atom stereocenters. The van der Waals surface area contributed by atoms with Crippen LogP contribution in [0.2, 0.25) is 0 Å². The minimum Gasteiger partial charge on any atom is -0.444 e. The van der Waals surface area contributed by atoms with Gasteiger partial charge in [-0.05, 0) is 32.9 Å². The lowest BCUT2D eigenvalue weighted by Gasteiger charge is -2.19. The minimum absolute atomic E-state index is 0.447. The number of hydrogen-bond acceptors (Lipinski definition) is 5. The number of rotatable bonds is 4. The van der Waals surface area contributed by atoms with Gasteiger partial charge in [0.1, 0.15) is 11.4 Å². The molecule has 6 heteroatoms. The molecule has 0 spiro atoms. The van der Waals surface area contributed by atoms with Gasteiger partial charge in [-0.3, -0.25) is 5.32 Å². The van der Waals surface area contributed by atoms with Crippen LogP contribution in [0.15, 0.2) is 18.3 Å². The second-order valence-corrected chi connectivity index (χ2v) is 4.77. The van der Waals surface area contributed by atoms with Crippen molar-refractivity contribution in [2.75, 3.05) is 23.7 Å². The molecule has 0 aliphatic rings. The number of carbonyl (C=O) groups is 1. The second-order valence-electron chi connectivity index (χ2n) is 4.77. The number of pyridine rings is 1. The van der Waals surface area contributed by atoms with Crippen molar-refractivity contribution in [3.05, 3.63) is 18.3 Å². The molecule has 0 bridgehead atoms. The highest BCUT2D eigenvalue weighted by molar-refractivity contribution is 5.83. The Kier molecular flexibility index (Phi) is 4.91. The van der Waals surface area contributed by atoms with Gasteiger partial charge in [0.05, 0.1) is 11.9 Å². The van der Waals surface area contributed by atoms with E-state index in [2.05, 4.69) is 15.6 Å². The quantitative estimate of drug-likeness (QED) is 0.760. The normalized spacial score (nSPS) is 10.9. The zero-order chi connectivity index (χ0) is 13.6. The van der Waals surface area contributed by atoms with Crippen LogP contribution in [0.3, 0.4) is 0 Å². The first-order chi connectivity index (χ1) is 8.40. The fourth-order valence-electron chi connectivity index (χ4n) is 1.20. The lowest BCUT2D eigenvalue weighted by molar-refractivity contribution is 0.0635. The van der Waals surface area contributed by atoms with Gasteiger partial charge in [0.2, 0.25) is 0 Å². The molecular formula is C12H20N4O2. The topological polar surface area (TPSA) is 89.3 Å². The molecule has 1 aromatic rings. The van der Waals surface area contributed by atoms with Crippen molar-refractivity contribution in [3.8, 4) is 0 Å². The van der Waals surface area contributed by atoms with Crippen LogP contribution in [-0.2, 0) is 4.74 Å². The zero-order valence-electron chi connectivity index (χ0n) is 11.0. The summed E-state index contributed by atoms with van der Waals surface area (Å²) in [6.45, 7) is 6.65. The van der Waals surface area contributed by atoms with E-state index in [0.29, 0.717) is 18.9 Å². The van der Waals surface area contributed by atoms with E-state index < -0.39 is 11.7 Å². The number of amides is 1. The Balaban J connectivity index is 2.50. The molecule has 1 aromatic heterocycles. The smallest absolute Gasteiger partial charge is 0.413 e. The Bertz CT molecular complexity index is 384. The van der Waals surface area contributed by atoms with E-state index in [4.69, 9.17) is 10.5 Å². The van der Waals surface area contributed by atoms with Crippen molar-refractivity contribution in [2.24, 2.45) is 5.73 Å². The van der Waals surface area contributed by atoms with Crippen molar-refractivity contribution in [1.29, 1.82) is 0 Å². The van der Waals surface area contributed by atoms with Gasteiger partial charge >= 0.3 is 6.09 Å². The van der Waals surface area contributed by atoms with Gasteiger partial charge < -0.3 is 15.8 Å². The maximum atomic E-state index is 11.5. The van der Waals surface area contributed by atoms with Crippen LogP contribution in [-0.4, -0.2) is 29.8 Å². The van der Waals surface area contributed by atoms with E-state index in [1.54, 1.807) is 33.0 Å². The molecule has 1 heterocycles. The largest absolute Gasteiger partial charge is 0.444 e. The summed E-state index contributed by atoms with van der Waals surface area (Å²) in [5, 5.41) is 5.64. The van der Waals surface area contributed by atoms with Gasteiger partial charge in [0.15, 0.2) is 0 Å². The lowest BCUT2D eigenvalue weighted by Crippen LogP contribution is -2.27. The molecule has 0 saturated heterocycles. The standard InChI is InChI=1S/C12H20N4O2/c1-12(2,3)18-11(17)16-10-5-4-9(8-15-10)14-7-6-13/h4-5,8,14H,6-7,13H2,1-3H3,(H,15,16,17). The van der Waals surface area contributed by atoms with Gasteiger partial charge in [0, 0.05) is 13.1 Å². The van der Waals surface area contributed by atoms with Crippen LogP contribution in [0.1, 0.15) is 20.8 Å². The molecule has 100 valence electrons. The van der Waals surface area contributed by atoms with Crippen LogP contribution < -0.4 is 16.4 Å². The average Bonchev–Trinajstić information content (AvgIpc) is 2.25. The van der Waals surface area contributed by atoms with Crippen molar-refractivity contribution in [1.82, 2.24) is 4.98 Å². The number of hydrogen-bond donors (Lipinski definition) is 3. The summed E-state index contributed by atoms with van der Waals surface area (Å²) in [6, 6.07) is 3.51. The van der Waals surface area contributed by atoms with Gasteiger partial charge in [-0.15, -0.1) is 0 Å². The van der Waals surface area contributed by atoms with E-state index in [9.17, 15) is 4.79 Å². The van der Waals surface area contributed by atoms with E-state index in [1.807, 2.05) is 6.07 Å². The number of carbonyl (C=O) groups excluding carboxylic acids is 1. The summed E-state index contributed by atoms with van der Waals surface area (Å²) in [6.07, 6.45) is 1.11. The molecule has 6 nitrogen and oxygen atoms in total. The zero-order valence-corrected chi connectivity index (χ0v) is 11.0. The van der Waals surface area contributed by atoms with Gasteiger partial charge in [-0.1, -0.05) is 0 Å². The van der Waals surface area contributed by atoms with E-state index >= 15 is 0 Å². The molecule has 4 N–H and O–H groups in total. The SMILES string of the molecule is CC(C)(C)OC(=O)Nc1ccc(NCCN)cn1. The molecule has 0 fully saturated rings. The molecule has 1 amide bonds. The highest BCUT2D eigenvalue weighted by Gasteiger charge is 2.16. The maximum Gasteiger partial charge on any atom is 0.413 e. The minimum atomic E-state index is -0.521. The first kappa shape index (κ1) is 14.2.